The lowest BCUT2D eigenvalue weighted by molar-refractivity contribution is 0.0697. The molecule has 6 nitrogen and oxygen atoms in total. The predicted octanol–water partition coefficient (Wildman–Crippen LogP) is 3.62. The summed E-state index contributed by atoms with van der Waals surface area (Å²) in [5, 5.41) is 9.68. The van der Waals surface area contributed by atoms with E-state index in [-0.39, 0.29) is 0 Å². The fraction of sp³-hybridized carbons (Fsp3) is 0.348. The van der Waals surface area contributed by atoms with E-state index in [1.165, 1.54) is 22.0 Å². The van der Waals surface area contributed by atoms with Crippen molar-refractivity contribution in [3.8, 4) is 5.75 Å². The summed E-state index contributed by atoms with van der Waals surface area (Å²) in [5.74, 6) is 0.129. The van der Waals surface area contributed by atoms with Gasteiger partial charge >= 0.3 is 5.97 Å². The molecule has 0 unspecified atom stereocenters. The van der Waals surface area contributed by atoms with Gasteiger partial charge in [-0.2, -0.15) is 0 Å². The molecule has 29 heavy (non-hydrogen) atoms. The molecule has 1 aliphatic heterocycles. The number of aryl methyl sites for hydroxylation is 1. The Balaban J connectivity index is 0.000000224. The number of ether oxygens (including phenoxy) is 1. The van der Waals surface area contributed by atoms with Gasteiger partial charge in [0.05, 0.1) is 12.7 Å². The molecule has 0 saturated carbocycles. The van der Waals surface area contributed by atoms with Gasteiger partial charge in [-0.15, -0.1) is 0 Å². The summed E-state index contributed by atoms with van der Waals surface area (Å²) >= 11 is 0. The summed E-state index contributed by atoms with van der Waals surface area (Å²) in [4.78, 5) is 18.4. The Morgan fingerprint density at radius 3 is 2.41 bits per heavy atom. The highest BCUT2D eigenvalue weighted by Crippen LogP contribution is 2.31. The van der Waals surface area contributed by atoms with Crippen LogP contribution in [0.25, 0.3) is 10.9 Å². The molecule has 1 aromatic heterocycles. The number of piperazine rings is 1. The molecule has 0 radical (unpaired) electrons. The lowest BCUT2D eigenvalue weighted by atomic mass is 10.0. The van der Waals surface area contributed by atoms with Crippen molar-refractivity contribution >= 4 is 16.9 Å². The smallest absolute Gasteiger partial charge is 0.335 e. The number of aromatic carboxylic acids is 1. The summed E-state index contributed by atoms with van der Waals surface area (Å²) in [6.07, 6.45) is 2.02. The van der Waals surface area contributed by atoms with Crippen LogP contribution in [0, 0.1) is 6.92 Å². The Labute approximate surface area is 171 Å². The SMILES string of the molecule is COc1cc(C)c2[nH]ccc2c1CN1CCN(C)CC1.O=C(O)c1ccccc1. The highest BCUT2D eigenvalue weighted by atomic mass is 16.5. The second-order valence-corrected chi connectivity index (χ2v) is 7.39. The first-order valence-corrected chi connectivity index (χ1v) is 9.82. The number of carbonyl (C=O) groups is 1. The molecule has 3 aromatic rings. The summed E-state index contributed by atoms with van der Waals surface area (Å²) in [7, 11) is 3.95. The topological polar surface area (TPSA) is 68.8 Å². The van der Waals surface area contributed by atoms with Crippen molar-refractivity contribution in [2.45, 2.75) is 13.5 Å². The van der Waals surface area contributed by atoms with E-state index in [0.29, 0.717) is 5.56 Å². The summed E-state index contributed by atoms with van der Waals surface area (Å²) in [5.41, 5.74) is 4.11. The van der Waals surface area contributed by atoms with Crippen LogP contribution in [0.5, 0.6) is 5.75 Å². The molecule has 0 spiro atoms. The van der Waals surface area contributed by atoms with E-state index in [2.05, 4.69) is 40.9 Å². The molecule has 1 fully saturated rings. The lowest BCUT2D eigenvalue weighted by Gasteiger charge is -2.32. The van der Waals surface area contributed by atoms with Crippen molar-refractivity contribution in [2.75, 3.05) is 40.3 Å². The number of carboxylic acid groups (broad SMARTS) is 1. The van der Waals surface area contributed by atoms with Gasteiger partial charge in [0.1, 0.15) is 5.75 Å². The molecule has 0 bridgehead atoms. The fourth-order valence-electron chi connectivity index (χ4n) is 3.59. The number of rotatable bonds is 4. The van der Waals surface area contributed by atoms with Crippen molar-refractivity contribution < 1.29 is 14.6 Å². The molecule has 0 amide bonds. The number of H-pyrrole nitrogens is 1. The normalized spacial score (nSPS) is 15.0. The zero-order chi connectivity index (χ0) is 20.8. The van der Waals surface area contributed by atoms with Crippen LogP contribution in [0.1, 0.15) is 21.5 Å². The van der Waals surface area contributed by atoms with Gasteiger partial charge in [0.25, 0.3) is 0 Å². The van der Waals surface area contributed by atoms with Gasteiger partial charge in [0.15, 0.2) is 0 Å². The Bertz CT molecular complexity index is 945. The lowest BCUT2D eigenvalue weighted by Crippen LogP contribution is -2.43. The first kappa shape index (κ1) is 20.9. The van der Waals surface area contributed by atoms with Crippen LogP contribution in [0.2, 0.25) is 0 Å². The molecule has 2 aromatic carbocycles. The van der Waals surface area contributed by atoms with Gasteiger partial charge in [-0.25, -0.2) is 4.79 Å². The highest BCUT2D eigenvalue weighted by Gasteiger charge is 2.18. The van der Waals surface area contributed by atoms with Crippen molar-refractivity contribution in [3.63, 3.8) is 0 Å². The predicted molar refractivity (Wildman–Crippen MR) is 116 cm³/mol. The standard InChI is InChI=1S/C16H23N3O.C7H6O2/c1-12-10-15(20-3)14(13-4-5-17-16(12)13)11-19-8-6-18(2)7-9-19;8-7(9)6-4-2-1-3-5-6/h4-5,10,17H,6-9,11H2,1-3H3;1-5H,(H,8,9). The molecular formula is C23H29N3O3. The molecule has 0 aliphatic carbocycles. The second-order valence-electron chi connectivity index (χ2n) is 7.39. The maximum absolute atomic E-state index is 10.2. The first-order valence-electron chi connectivity index (χ1n) is 9.82. The number of hydrogen-bond donors (Lipinski definition) is 2. The molecule has 1 aliphatic rings. The van der Waals surface area contributed by atoms with Crippen molar-refractivity contribution in [3.05, 3.63) is 65.4 Å². The van der Waals surface area contributed by atoms with Crippen LogP contribution < -0.4 is 4.74 Å². The molecule has 4 rings (SSSR count). The molecule has 2 heterocycles. The second kappa shape index (κ2) is 9.58. The molecule has 6 heteroatoms. The summed E-state index contributed by atoms with van der Waals surface area (Å²) < 4.78 is 5.62. The largest absolute Gasteiger partial charge is 0.496 e. The third-order valence-corrected chi connectivity index (χ3v) is 5.33. The maximum Gasteiger partial charge on any atom is 0.335 e. The summed E-state index contributed by atoms with van der Waals surface area (Å²) in [6, 6.07) is 12.6. The monoisotopic (exact) mass is 395 g/mol. The van der Waals surface area contributed by atoms with E-state index in [9.17, 15) is 4.79 Å². The number of hydrogen-bond acceptors (Lipinski definition) is 4. The van der Waals surface area contributed by atoms with Crippen LogP contribution in [0.3, 0.4) is 0 Å². The average molecular weight is 396 g/mol. The highest BCUT2D eigenvalue weighted by molar-refractivity contribution is 5.88. The van der Waals surface area contributed by atoms with Gasteiger partial charge in [-0.05, 0) is 43.8 Å². The molecular weight excluding hydrogens is 366 g/mol. The van der Waals surface area contributed by atoms with Crippen molar-refractivity contribution in [1.82, 2.24) is 14.8 Å². The molecule has 1 saturated heterocycles. The molecule has 154 valence electrons. The van der Waals surface area contributed by atoms with Gasteiger partial charge in [-0.3, -0.25) is 4.90 Å². The Morgan fingerprint density at radius 1 is 1.14 bits per heavy atom. The number of likely N-dealkylation sites (N-methyl/N-ethyl adjacent to an activating group) is 1. The minimum atomic E-state index is -0.879. The van der Waals surface area contributed by atoms with E-state index >= 15 is 0 Å². The van der Waals surface area contributed by atoms with Crippen LogP contribution in [-0.4, -0.2) is 66.2 Å². The van der Waals surface area contributed by atoms with Gasteiger partial charge in [-0.1, -0.05) is 18.2 Å². The minimum Gasteiger partial charge on any atom is -0.496 e. The van der Waals surface area contributed by atoms with Gasteiger partial charge in [0.2, 0.25) is 0 Å². The van der Waals surface area contributed by atoms with E-state index in [1.807, 2.05) is 6.20 Å². The number of nitrogens with zero attached hydrogens (tertiary/aromatic N) is 2. The number of nitrogens with one attached hydrogen (secondary N) is 1. The third kappa shape index (κ3) is 5.16. The van der Waals surface area contributed by atoms with E-state index in [0.717, 1.165) is 38.5 Å². The number of carboxylic acids is 1. The Hall–Kier alpha value is -2.83. The number of aromatic amines is 1. The molecule has 2 N–H and O–H groups in total. The average Bonchev–Trinajstić information content (AvgIpc) is 3.23. The fourth-order valence-corrected chi connectivity index (χ4v) is 3.59. The zero-order valence-electron chi connectivity index (χ0n) is 17.3. The van der Waals surface area contributed by atoms with Crippen molar-refractivity contribution in [2.24, 2.45) is 0 Å². The van der Waals surface area contributed by atoms with Crippen LogP contribution >= 0.6 is 0 Å². The van der Waals surface area contributed by atoms with Gasteiger partial charge < -0.3 is 19.7 Å². The number of methoxy groups -OCH3 is 1. The van der Waals surface area contributed by atoms with Crippen LogP contribution in [0.15, 0.2) is 48.7 Å². The van der Waals surface area contributed by atoms with Crippen molar-refractivity contribution in [1.29, 1.82) is 0 Å². The number of fused-ring (bicyclic) bond motifs is 1. The van der Waals surface area contributed by atoms with E-state index in [1.54, 1.807) is 37.4 Å². The zero-order valence-corrected chi connectivity index (χ0v) is 17.3. The Kier molecular flexibility index (Phi) is 6.90. The third-order valence-electron chi connectivity index (χ3n) is 5.33. The summed E-state index contributed by atoms with van der Waals surface area (Å²) in [6.45, 7) is 7.63. The Morgan fingerprint density at radius 2 is 1.83 bits per heavy atom. The van der Waals surface area contributed by atoms with Crippen LogP contribution in [0.4, 0.5) is 0 Å². The van der Waals surface area contributed by atoms with E-state index in [4.69, 9.17) is 9.84 Å². The minimum absolute atomic E-state index is 0.331. The van der Waals surface area contributed by atoms with Gasteiger partial charge in [0, 0.05) is 55.4 Å². The maximum atomic E-state index is 10.2. The molecule has 0 atom stereocenters. The van der Waals surface area contributed by atoms with Crippen LogP contribution in [-0.2, 0) is 6.54 Å². The number of aromatic nitrogens is 1. The first-order chi connectivity index (χ1) is 14.0. The van der Waals surface area contributed by atoms with E-state index < -0.39 is 5.97 Å². The quantitative estimate of drug-likeness (QED) is 0.706. The number of benzene rings is 2.